The van der Waals surface area contributed by atoms with E-state index in [1.807, 2.05) is 0 Å². The number of hydrogen-bond donors (Lipinski definition) is 2. The van der Waals surface area contributed by atoms with Crippen molar-refractivity contribution in [3.63, 3.8) is 0 Å². The summed E-state index contributed by atoms with van der Waals surface area (Å²) in [7, 11) is 0. The Morgan fingerprint density at radius 3 is 2.16 bits per heavy atom. The van der Waals surface area contributed by atoms with E-state index < -0.39 is 23.2 Å². The van der Waals surface area contributed by atoms with E-state index in [2.05, 4.69) is 20.6 Å². The van der Waals surface area contributed by atoms with Gasteiger partial charge in [-0.3, -0.25) is 4.79 Å². The summed E-state index contributed by atoms with van der Waals surface area (Å²) in [4.78, 5) is 19.9. The van der Waals surface area contributed by atoms with E-state index in [1.54, 1.807) is 0 Å². The molecule has 0 unspecified atom stereocenters. The van der Waals surface area contributed by atoms with E-state index in [0.717, 1.165) is 18.3 Å². The topological polar surface area (TPSA) is 66.9 Å². The summed E-state index contributed by atoms with van der Waals surface area (Å²) in [5.41, 5.74) is -0.0866. The molecule has 0 aliphatic heterocycles. The first kappa shape index (κ1) is 16.4. The van der Waals surface area contributed by atoms with Crippen LogP contribution in [0.15, 0.2) is 54.9 Å². The lowest BCUT2D eigenvalue weighted by atomic mass is 10.2. The second-order valence-corrected chi connectivity index (χ2v) is 4.97. The maximum Gasteiger partial charge on any atom is 0.276 e. The number of hydrogen-bond acceptors (Lipinski definition) is 4. The van der Waals surface area contributed by atoms with Crippen molar-refractivity contribution in [2.45, 2.75) is 0 Å². The highest BCUT2D eigenvalue weighted by Gasteiger charge is 2.14. The molecule has 0 spiro atoms. The molecule has 2 aromatic carbocycles. The smallest absolute Gasteiger partial charge is 0.276 e. The van der Waals surface area contributed by atoms with E-state index in [1.165, 1.54) is 36.5 Å². The first-order valence-electron chi connectivity index (χ1n) is 7.13. The molecule has 8 heteroatoms. The number of carbonyl (C=O) groups is 1. The van der Waals surface area contributed by atoms with Gasteiger partial charge in [0.2, 0.25) is 0 Å². The number of para-hydroxylation sites is 1. The molecule has 0 aliphatic carbocycles. The summed E-state index contributed by atoms with van der Waals surface area (Å²) < 4.78 is 39.9. The van der Waals surface area contributed by atoms with Gasteiger partial charge in [-0.1, -0.05) is 6.07 Å². The molecule has 1 heterocycles. The van der Waals surface area contributed by atoms with Gasteiger partial charge in [-0.25, -0.2) is 23.1 Å². The summed E-state index contributed by atoms with van der Waals surface area (Å²) in [6.07, 6.45) is 2.43. The van der Waals surface area contributed by atoms with Gasteiger partial charge < -0.3 is 10.6 Å². The van der Waals surface area contributed by atoms with Crippen LogP contribution in [0.2, 0.25) is 0 Å². The third kappa shape index (κ3) is 3.92. The molecule has 1 aromatic heterocycles. The minimum Gasteiger partial charge on any atom is -0.339 e. The molecule has 0 fully saturated rings. The molecule has 0 bridgehead atoms. The van der Waals surface area contributed by atoms with Gasteiger partial charge in [-0.2, -0.15) is 0 Å². The Morgan fingerprint density at radius 1 is 0.880 bits per heavy atom. The lowest BCUT2D eigenvalue weighted by molar-refractivity contribution is 0.102. The first-order valence-corrected chi connectivity index (χ1v) is 7.13. The molecular formula is C17H11F3N4O. The fourth-order valence-corrected chi connectivity index (χ4v) is 1.99. The van der Waals surface area contributed by atoms with Crippen LogP contribution in [0.5, 0.6) is 0 Å². The minimum atomic E-state index is -0.893. The number of amides is 1. The number of aromatic nitrogens is 2. The van der Waals surface area contributed by atoms with Crippen LogP contribution in [0.1, 0.15) is 10.5 Å². The largest absolute Gasteiger partial charge is 0.339 e. The molecule has 5 nitrogen and oxygen atoms in total. The number of rotatable bonds is 4. The van der Waals surface area contributed by atoms with E-state index in [4.69, 9.17) is 0 Å². The number of carbonyl (C=O) groups excluding carboxylic acids is 1. The highest BCUT2D eigenvalue weighted by molar-refractivity contribution is 6.02. The van der Waals surface area contributed by atoms with E-state index in [9.17, 15) is 18.0 Å². The molecule has 0 atom stereocenters. The lowest BCUT2D eigenvalue weighted by Crippen LogP contribution is -2.16. The summed E-state index contributed by atoms with van der Waals surface area (Å²) in [5.74, 6) is -2.64. The zero-order valence-electron chi connectivity index (χ0n) is 12.6. The Hall–Kier alpha value is -3.42. The van der Waals surface area contributed by atoms with Gasteiger partial charge in [0.25, 0.3) is 5.91 Å². The highest BCUT2D eigenvalue weighted by Crippen LogP contribution is 2.19. The fourth-order valence-electron chi connectivity index (χ4n) is 1.99. The summed E-state index contributed by atoms with van der Waals surface area (Å²) in [6.45, 7) is 0. The maximum absolute atomic E-state index is 13.5. The van der Waals surface area contributed by atoms with Crippen molar-refractivity contribution in [2.75, 3.05) is 10.6 Å². The van der Waals surface area contributed by atoms with Crippen LogP contribution in [-0.2, 0) is 0 Å². The van der Waals surface area contributed by atoms with Gasteiger partial charge in [0.15, 0.2) is 0 Å². The standard InChI is InChI=1S/C17H11F3N4O/c18-10-4-6-11(7-5-10)23-15-9-21-14(8-22-15)17(25)24-16-12(19)2-1-3-13(16)20/h1-9H,(H,22,23)(H,24,25). The van der Waals surface area contributed by atoms with Crippen LogP contribution in [0.25, 0.3) is 0 Å². The number of benzene rings is 2. The summed E-state index contributed by atoms with van der Waals surface area (Å²) >= 11 is 0. The number of anilines is 3. The van der Waals surface area contributed by atoms with Crippen LogP contribution >= 0.6 is 0 Å². The lowest BCUT2D eigenvalue weighted by Gasteiger charge is -2.08. The van der Waals surface area contributed by atoms with Crippen molar-refractivity contribution in [1.29, 1.82) is 0 Å². The fraction of sp³-hybridized carbons (Fsp3) is 0. The van der Waals surface area contributed by atoms with Crippen LogP contribution in [0, 0.1) is 17.5 Å². The molecule has 1 amide bonds. The van der Waals surface area contributed by atoms with Crippen molar-refractivity contribution in [3.05, 3.63) is 78.0 Å². The van der Waals surface area contributed by atoms with Crippen molar-refractivity contribution in [3.8, 4) is 0 Å². The molecule has 0 radical (unpaired) electrons. The van der Waals surface area contributed by atoms with Crippen LogP contribution in [0.3, 0.4) is 0 Å². The average molecular weight is 344 g/mol. The van der Waals surface area contributed by atoms with Crippen molar-refractivity contribution in [1.82, 2.24) is 9.97 Å². The zero-order valence-corrected chi connectivity index (χ0v) is 12.6. The summed E-state index contributed by atoms with van der Waals surface area (Å²) in [5, 5.41) is 4.99. The van der Waals surface area contributed by atoms with Gasteiger partial charge in [-0.05, 0) is 36.4 Å². The van der Waals surface area contributed by atoms with Gasteiger partial charge in [0.1, 0.15) is 34.7 Å². The molecule has 0 saturated carbocycles. The Morgan fingerprint density at radius 2 is 1.56 bits per heavy atom. The quantitative estimate of drug-likeness (QED) is 0.753. The van der Waals surface area contributed by atoms with Crippen molar-refractivity contribution in [2.24, 2.45) is 0 Å². The second-order valence-electron chi connectivity index (χ2n) is 4.97. The van der Waals surface area contributed by atoms with Gasteiger partial charge in [-0.15, -0.1) is 0 Å². The maximum atomic E-state index is 13.5. The SMILES string of the molecule is O=C(Nc1c(F)cccc1F)c1cnc(Nc2ccc(F)cc2)cn1. The highest BCUT2D eigenvalue weighted by atomic mass is 19.1. The Labute approximate surface area is 140 Å². The van der Waals surface area contributed by atoms with Gasteiger partial charge in [0.05, 0.1) is 12.4 Å². The minimum absolute atomic E-state index is 0.118. The van der Waals surface area contributed by atoms with Crippen molar-refractivity contribution >= 4 is 23.1 Å². The van der Waals surface area contributed by atoms with E-state index in [0.29, 0.717) is 11.5 Å². The first-order chi connectivity index (χ1) is 12.0. The Bertz CT molecular complexity index is 879. The predicted molar refractivity (Wildman–Crippen MR) is 86.0 cm³/mol. The Balaban J connectivity index is 1.71. The second kappa shape index (κ2) is 7.00. The molecule has 0 saturated heterocycles. The molecule has 2 N–H and O–H groups in total. The van der Waals surface area contributed by atoms with Crippen LogP contribution < -0.4 is 10.6 Å². The average Bonchev–Trinajstić information content (AvgIpc) is 2.61. The molecule has 126 valence electrons. The summed E-state index contributed by atoms with van der Waals surface area (Å²) in [6, 6.07) is 8.83. The predicted octanol–water partition coefficient (Wildman–Crippen LogP) is 3.89. The zero-order chi connectivity index (χ0) is 17.8. The third-order valence-corrected chi connectivity index (χ3v) is 3.20. The van der Waals surface area contributed by atoms with Crippen molar-refractivity contribution < 1.29 is 18.0 Å². The van der Waals surface area contributed by atoms with Gasteiger partial charge >= 0.3 is 0 Å². The Kier molecular flexibility index (Phi) is 4.60. The van der Waals surface area contributed by atoms with Crippen LogP contribution in [-0.4, -0.2) is 15.9 Å². The van der Waals surface area contributed by atoms with Crippen LogP contribution in [0.4, 0.5) is 30.4 Å². The van der Waals surface area contributed by atoms with Gasteiger partial charge in [0, 0.05) is 5.69 Å². The molecule has 3 rings (SSSR count). The number of nitrogens with one attached hydrogen (secondary N) is 2. The van der Waals surface area contributed by atoms with E-state index >= 15 is 0 Å². The molecular weight excluding hydrogens is 333 g/mol. The number of nitrogens with zero attached hydrogens (tertiary/aromatic N) is 2. The van der Waals surface area contributed by atoms with E-state index in [-0.39, 0.29) is 11.5 Å². The monoisotopic (exact) mass is 344 g/mol. The third-order valence-electron chi connectivity index (χ3n) is 3.20. The molecule has 3 aromatic rings. The molecule has 0 aliphatic rings. The molecule has 25 heavy (non-hydrogen) atoms. The number of halogens is 3. The normalized spacial score (nSPS) is 10.4.